The number of pyridine rings is 1. The van der Waals surface area contributed by atoms with Crippen LogP contribution in [0.2, 0.25) is 0 Å². The Morgan fingerprint density at radius 1 is 1.26 bits per heavy atom. The Labute approximate surface area is 117 Å². The van der Waals surface area contributed by atoms with Crippen molar-refractivity contribution in [3.05, 3.63) is 53.0 Å². The van der Waals surface area contributed by atoms with Crippen LogP contribution in [0.25, 0.3) is 11.0 Å². The summed E-state index contributed by atoms with van der Waals surface area (Å²) >= 11 is 3.31. The van der Waals surface area contributed by atoms with Crippen molar-refractivity contribution < 1.29 is 4.79 Å². The first-order valence-electron chi connectivity index (χ1n) is 5.57. The molecule has 1 aromatic carbocycles. The van der Waals surface area contributed by atoms with E-state index < -0.39 is 0 Å². The molecule has 1 amide bonds. The molecular weight excluding hydrogens is 308 g/mol. The molecule has 2 N–H and O–H groups in total. The van der Waals surface area contributed by atoms with Gasteiger partial charge in [-0.2, -0.15) is 0 Å². The van der Waals surface area contributed by atoms with Gasteiger partial charge in [-0.25, -0.2) is 4.98 Å². The third kappa shape index (κ3) is 2.48. The van der Waals surface area contributed by atoms with Crippen LogP contribution in [-0.2, 0) is 0 Å². The first kappa shape index (κ1) is 11.9. The van der Waals surface area contributed by atoms with E-state index in [0.29, 0.717) is 11.3 Å². The molecule has 0 saturated heterocycles. The van der Waals surface area contributed by atoms with E-state index in [0.717, 1.165) is 15.5 Å². The van der Waals surface area contributed by atoms with Gasteiger partial charge in [0.25, 0.3) is 5.91 Å². The molecule has 0 bridgehead atoms. The molecule has 0 aliphatic carbocycles. The van der Waals surface area contributed by atoms with E-state index in [1.165, 1.54) is 0 Å². The highest BCUT2D eigenvalue weighted by molar-refractivity contribution is 9.10. The maximum atomic E-state index is 12.1. The predicted octanol–water partition coefficient (Wildman–Crippen LogP) is 2.97. The fourth-order valence-electron chi connectivity index (χ4n) is 1.76. The monoisotopic (exact) mass is 316 g/mol. The number of aromatic nitrogens is 3. The van der Waals surface area contributed by atoms with E-state index in [1.54, 1.807) is 43.0 Å². The molecule has 0 unspecified atom stereocenters. The molecule has 0 aliphatic rings. The van der Waals surface area contributed by atoms with E-state index in [1.807, 2.05) is 0 Å². The fraction of sp³-hybridized carbons (Fsp3) is 0. The Balaban J connectivity index is 1.87. The molecule has 19 heavy (non-hydrogen) atoms. The summed E-state index contributed by atoms with van der Waals surface area (Å²) in [5, 5.41) is 2.79. The standard InChI is InChI=1S/C13H9BrN4O/c14-9-4-10(6-15-5-9)18-13(19)8-1-2-11-12(3-8)17-7-16-11/h1-7H,(H,16,17)(H,18,19). The minimum atomic E-state index is -0.184. The number of fused-ring (bicyclic) bond motifs is 1. The number of anilines is 1. The molecule has 0 fully saturated rings. The number of hydrogen-bond donors (Lipinski definition) is 2. The van der Waals surface area contributed by atoms with Crippen LogP contribution in [0.4, 0.5) is 5.69 Å². The van der Waals surface area contributed by atoms with Crippen LogP contribution >= 0.6 is 15.9 Å². The molecule has 3 rings (SSSR count). The van der Waals surface area contributed by atoms with Crippen molar-refractivity contribution in [2.45, 2.75) is 0 Å². The molecule has 2 heterocycles. The van der Waals surface area contributed by atoms with Gasteiger partial charge in [-0.05, 0) is 40.2 Å². The maximum absolute atomic E-state index is 12.1. The molecule has 0 atom stereocenters. The summed E-state index contributed by atoms with van der Waals surface area (Å²) in [6.07, 6.45) is 4.86. The van der Waals surface area contributed by atoms with Crippen molar-refractivity contribution in [1.29, 1.82) is 0 Å². The van der Waals surface area contributed by atoms with E-state index in [4.69, 9.17) is 0 Å². The minimum absolute atomic E-state index is 0.184. The first-order valence-corrected chi connectivity index (χ1v) is 6.37. The second-order valence-corrected chi connectivity index (χ2v) is 4.90. The van der Waals surface area contributed by atoms with Crippen molar-refractivity contribution in [1.82, 2.24) is 15.0 Å². The van der Waals surface area contributed by atoms with Crippen molar-refractivity contribution in [3.63, 3.8) is 0 Å². The van der Waals surface area contributed by atoms with Gasteiger partial charge in [-0.3, -0.25) is 9.78 Å². The number of carbonyl (C=O) groups excluding carboxylic acids is 1. The lowest BCUT2D eigenvalue weighted by atomic mass is 10.2. The number of carbonyl (C=O) groups is 1. The summed E-state index contributed by atoms with van der Waals surface area (Å²) in [4.78, 5) is 23.2. The first-order chi connectivity index (χ1) is 9.22. The summed E-state index contributed by atoms with van der Waals surface area (Å²) in [6, 6.07) is 7.10. The number of H-pyrrole nitrogens is 1. The van der Waals surface area contributed by atoms with Crippen LogP contribution in [0.5, 0.6) is 0 Å². The Kier molecular flexibility index (Phi) is 3.00. The highest BCUT2D eigenvalue weighted by Gasteiger charge is 2.08. The molecule has 5 nitrogen and oxygen atoms in total. The third-order valence-corrected chi connectivity index (χ3v) is 3.08. The minimum Gasteiger partial charge on any atom is -0.345 e. The van der Waals surface area contributed by atoms with Crippen LogP contribution < -0.4 is 5.32 Å². The van der Waals surface area contributed by atoms with Gasteiger partial charge in [0.1, 0.15) is 0 Å². The number of rotatable bonds is 2. The van der Waals surface area contributed by atoms with Gasteiger partial charge in [0.05, 0.1) is 29.2 Å². The fourth-order valence-corrected chi connectivity index (χ4v) is 2.13. The Morgan fingerprint density at radius 2 is 2.16 bits per heavy atom. The summed E-state index contributed by atoms with van der Waals surface area (Å²) in [6.45, 7) is 0. The number of benzene rings is 1. The highest BCUT2D eigenvalue weighted by Crippen LogP contribution is 2.16. The van der Waals surface area contributed by atoms with Gasteiger partial charge in [0.15, 0.2) is 0 Å². The van der Waals surface area contributed by atoms with Crippen LogP contribution in [0, 0.1) is 0 Å². The van der Waals surface area contributed by atoms with Gasteiger partial charge in [0, 0.05) is 16.2 Å². The van der Waals surface area contributed by atoms with Crippen LogP contribution in [0.1, 0.15) is 10.4 Å². The Morgan fingerprint density at radius 3 is 3.00 bits per heavy atom. The van der Waals surface area contributed by atoms with E-state index in [2.05, 4.69) is 36.2 Å². The molecule has 6 heteroatoms. The summed E-state index contributed by atoms with van der Waals surface area (Å²) < 4.78 is 0.814. The molecular formula is C13H9BrN4O. The number of imidazole rings is 1. The lowest BCUT2D eigenvalue weighted by Crippen LogP contribution is -2.11. The molecule has 94 valence electrons. The number of hydrogen-bond acceptors (Lipinski definition) is 3. The zero-order valence-corrected chi connectivity index (χ0v) is 11.3. The van der Waals surface area contributed by atoms with E-state index in [-0.39, 0.29) is 5.91 Å². The molecule has 0 spiro atoms. The zero-order valence-electron chi connectivity index (χ0n) is 9.72. The van der Waals surface area contributed by atoms with Gasteiger partial charge >= 0.3 is 0 Å². The highest BCUT2D eigenvalue weighted by atomic mass is 79.9. The summed E-state index contributed by atoms with van der Waals surface area (Å²) in [5.41, 5.74) is 2.88. The van der Waals surface area contributed by atoms with Crippen molar-refractivity contribution in [2.24, 2.45) is 0 Å². The average Bonchev–Trinajstić information content (AvgIpc) is 2.85. The number of aromatic amines is 1. The van der Waals surface area contributed by atoms with Crippen molar-refractivity contribution in [3.8, 4) is 0 Å². The van der Waals surface area contributed by atoms with Crippen molar-refractivity contribution in [2.75, 3.05) is 5.32 Å². The van der Waals surface area contributed by atoms with Gasteiger partial charge in [-0.15, -0.1) is 0 Å². The number of amides is 1. The lowest BCUT2D eigenvalue weighted by molar-refractivity contribution is 0.102. The third-order valence-electron chi connectivity index (χ3n) is 2.65. The summed E-state index contributed by atoms with van der Waals surface area (Å²) in [7, 11) is 0. The molecule has 0 aliphatic heterocycles. The second kappa shape index (κ2) is 4.81. The maximum Gasteiger partial charge on any atom is 0.255 e. The van der Waals surface area contributed by atoms with Crippen LogP contribution in [0.3, 0.4) is 0 Å². The van der Waals surface area contributed by atoms with Gasteiger partial charge in [0.2, 0.25) is 0 Å². The lowest BCUT2D eigenvalue weighted by Gasteiger charge is -2.05. The van der Waals surface area contributed by atoms with Gasteiger partial charge < -0.3 is 10.3 Å². The number of nitrogens with one attached hydrogen (secondary N) is 2. The normalized spacial score (nSPS) is 10.6. The molecule has 0 saturated carbocycles. The van der Waals surface area contributed by atoms with Gasteiger partial charge in [-0.1, -0.05) is 0 Å². The topological polar surface area (TPSA) is 70.7 Å². The number of halogens is 1. The van der Waals surface area contributed by atoms with E-state index >= 15 is 0 Å². The molecule has 2 aromatic heterocycles. The van der Waals surface area contributed by atoms with Crippen molar-refractivity contribution >= 4 is 38.6 Å². The second-order valence-electron chi connectivity index (χ2n) is 3.98. The quantitative estimate of drug-likeness (QED) is 0.763. The predicted molar refractivity (Wildman–Crippen MR) is 76.0 cm³/mol. The smallest absolute Gasteiger partial charge is 0.255 e. The SMILES string of the molecule is O=C(Nc1cncc(Br)c1)c1ccc2nc[nH]c2c1. The van der Waals surface area contributed by atoms with Crippen LogP contribution in [0.15, 0.2) is 47.5 Å². The number of nitrogens with zero attached hydrogens (tertiary/aromatic N) is 2. The average molecular weight is 317 g/mol. The zero-order chi connectivity index (χ0) is 13.2. The largest absolute Gasteiger partial charge is 0.345 e. The molecule has 0 radical (unpaired) electrons. The van der Waals surface area contributed by atoms with Crippen LogP contribution in [-0.4, -0.2) is 20.9 Å². The van der Waals surface area contributed by atoms with E-state index in [9.17, 15) is 4.79 Å². The molecule has 3 aromatic rings. The Hall–Kier alpha value is -2.21. The summed E-state index contributed by atoms with van der Waals surface area (Å²) in [5.74, 6) is -0.184. The Bertz CT molecular complexity index is 753.